The molecule has 0 aliphatic carbocycles. The summed E-state index contributed by atoms with van der Waals surface area (Å²) < 4.78 is 5.39. The maximum Gasteiger partial charge on any atom is 0.264 e. The Bertz CT molecular complexity index is 779. The summed E-state index contributed by atoms with van der Waals surface area (Å²) in [6, 6.07) is 19.3. The number of amides is 1. The number of anilines is 1. The highest BCUT2D eigenvalue weighted by Crippen LogP contribution is 2.25. The van der Waals surface area contributed by atoms with E-state index in [4.69, 9.17) is 4.74 Å². The molecule has 1 aromatic heterocycles. The van der Waals surface area contributed by atoms with Crippen molar-refractivity contribution in [3.63, 3.8) is 0 Å². The predicted octanol–water partition coefficient (Wildman–Crippen LogP) is 3.85. The maximum absolute atomic E-state index is 11.9. The van der Waals surface area contributed by atoms with E-state index in [0.29, 0.717) is 10.9 Å². The average molecular weight is 357 g/mol. The summed E-state index contributed by atoms with van der Waals surface area (Å²) in [4.78, 5) is 13.0. The molecular formula is C17H15N3O2S2. The highest BCUT2D eigenvalue weighted by Gasteiger charge is 2.09. The highest BCUT2D eigenvalue weighted by molar-refractivity contribution is 7.98. The van der Waals surface area contributed by atoms with Crippen LogP contribution in [0, 0.1) is 0 Å². The molecule has 0 aliphatic rings. The van der Waals surface area contributed by atoms with E-state index < -0.39 is 0 Å². The highest BCUT2D eigenvalue weighted by atomic mass is 32.2. The van der Waals surface area contributed by atoms with Crippen molar-refractivity contribution >= 4 is 34.1 Å². The number of nitrogens with one attached hydrogen (secondary N) is 1. The van der Waals surface area contributed by atoms with Gasteiger partial charge in [-0.05, 0) is 24.3 Å². The molecule has 122 valence electrons. The molecule has 0 spiro atoms. The number of rotatable bonds is 7. The Morgan fingerprint density at radius 2 is 1.75 bits per heavy atom. The zero-order valence-corrected chi connectivity index (χ0v) is 14.3. The van der Waals surface area contributed by atoms with E-state index in [0.717, 1.165) is 10.8 Å². The molecule has 7 heteroatoms. The summed E-state index contributed by atoms with van der Waals surface area (Å²) in [5.74, 6) is 1.13. The smallest absolute Gasteiger partial charge is 0.264 e. The van der Waals surface area contributed by atoms with Crippen molar-refractivity contribution in [2.24, 2.45) is 0 Å². The van der Waals surface area contributed by atoms with Gasteiger partial charge >= 0.3 is 0 Å². The first-order chi connectivity index (χ1) is 11.8. The number of carbonyl (C=O) groups is 1. The molecule has 0 bridgehead atoms. The maximum atomic E-state index is 11.9. The van der Waals surface area contributed by atoms with Crippen molar-refractivity contribution in [3.8, 4) is 5.75 Å². The summed E-state index contributed by atoms with van der Waals surface area (Å²) in [7, 11) is 0. The fraction of sp³-hybridized carbons (Fsp3) is 0.118. The minimum atomic E-state index is -0.253. The summed E-state index contributed by atoms with van der Waals surface area (Å²) in [5, 5.41) is 12.1. The molecule has 2 aromatic carbocycles. The molecule has 0 unspecified atom stereocenters. The van der Waals surface area contributed by atoms with E-state index >= 15 is 0 Å². The standard InChI is InChI=1S/C17H15N3O2S2/c21-15(11-22-13-7-3-1-4-8-13)18-17-20-19-16(24-17)12-23-14-9-5-2-6-10-14/h1-10H,11-12H2,(H,18,20,21). The second-order valence-corrected chi connectivity index (χ2v) is 6.86. The summed E-state index contributed by atoms with van der Waals surface area (Å²) in [6.45, 7) is -0.0578. The molecule has 0 saturated carbocycles. The van der Waals surface area contributed by atoms with Gasteiger partial charge < -0.3 is 4.74 Å². The van der Waals surface area contributed by atoms with Gasteiger partial charge in [-0.25, -0.2) is 0 Å². The van der Waals surface area contributed by atoms with E-state index in [1.807, 2.05) is 36.4 Å². The lowest BCUT2D eigenvalue weighted by atomic mass is 10.3. The predicted molar refractivity (Wildman–Crippen MR) is 96.5 cm³/mol. The first kappa shape index (κ1) is 16.5. The zero-order chi connectivity index (χ0) is 16.6. The van der Waals surface area contributed by atoms with E-state index in [1.54, 1.807) is 23.9 Å². The third kappa shape index (κ3) is 5.07. The first-order valence-corrected chi connectivity index (χ1v) is 9.08. The van der Waals surface area contributed by atoms with E-state index in [9.17, 15) is 4.79 Å². The molecule has 0 radical (unpaired) electrons. The van der Waals surface area contributed by atoms with Gasteiger partial charge in [-0.3, -0.25) is 10.1 Å². The molecular weight excluding hydrogens is 342 g/mol. The van der Waals surface area contributed by atoms with Crippen LogP contribution in [0.5, 0.6) is 5.75 Å². The molecule has 1 N–H and O–H groups in total. The minimum Gasteiger partial charge on any atom is -0.484 e. The van der Waals surface area contributed by atoms with Crippen LogP contribution < -0.4 is 10.1 Å². The van der Waals surface area contributed by atoms with Gasteiger partial charge in [0.05, 0.1) is 5.75 Å². The van der Waals surface area contributed by atoms with Crippen LogP contribution in [0.4, 0.5) is 5.13 Å². The number of thioether (sulfide) groups is 1. The Kier molecular flexibility index (Phi) is 5.81. The molecule has 3 aromatic rings. The van der Waals surface area contributed by atoms with Gasteiger partial charge in [0.1, 0.15) is 10.8 Å². The van der Waals surface area contributed by atoms with Gasteiger partial charge in [0.2, 0.25) is 5.13 Å². The van der Waals surface area contributed by atoms with E-state index in [2.05, 4.69) is 27.6 Å². The van der Waals surface area contributed by atoms with Gasteiger partial charge in [0.15, 0.2) is 6.61 Å². The van der Waals surface area contributed by atoms with Crippen molar-refractivity contribution in [2.45, 2.75) is 10.6 Å². The van der Waals surface area contributed by atoms with Crippen LogP contribution in [0.25, 0.3) is 0 Å². The third-order valence-electron chi connectivity index (χ3n) is 2.93. The second kappa shape index (κ2) is 8.47. The van der Waals surface area contributed by atoms with Crippen molar-refractivity contribution in [1.29, 1.82) is 0 Å². The van der Waals surface area contributed by atoms with Gasteiger partial charge in [0.25, 0.3) is 5.91 Å². The third-order valence-corrected chi connectivity index (χ3v) is 4.98. The van der Waals surface area contributed by atoms with Crippen LogP contribution in [-0.4, -0.2) is 22.7 Å². The Balaban J connectivity index is 1.46. The minimum absolute atomic E-state index is 0.0578. The van der Waals surface area contributed by atoms with Crippen LogP contribution in [0.3, 0.4) is 0 Å². The number of para-hydroxylation sites is 1. The number of hydrogen-bond acceptors (Lipinski definition) is 6. The van der Waals surface area contributed by atoms with E-state index in [-0.39, 0.29) is 12.5 Å². The first-order valence-electron chi connectivity index (χ1n) is 7.27. The lowest BCUT2D eigenvalue weighted by molar-refractivity contribution is -0.118. The Labute approximate surface area is 148 Å². The van der Waals surface area contributed by atoms with Crippen LogP contribution >= 0.6 is 23.1 Å². The summed E-state index contributed by atoms with van der Waals surface area (Å²) in [6.07, 6.45) is 0. The average Bonchev–Trinajstić information content (AvgIpc) is 3.07. The van der Waals surface area contributed by atoms with Crippen molar-refractivity contribution in [1.82, 2.24) is 10.2 Å². The van der Waals surface area contributed by atoms with Gasteiger partial charge in [0, 0.05) is 4.90 Å². The quantitative estimate of drug-likeness (QED) is 0.651. The molecule has 3 rings (SSSR count). The monoisotopic (exact) mass is 357 g/mol. The van der Waals surface area contributed by atoms with Crippen molar-refractivity contribution in [2.75, 3.05) is 11.9 Å². The number of ether oxygens (including phenoxy) is 1. The number of nitrogens with zero attached hydrogens (tertiary/aromatic N) is 2. The van der Waals surface area contributed by atoms with Crippen LogP contribution in [0.1, 0.15) is 5.01 Å². The number of hydrogen-bond donors (Lipinski definition) is 1. The molecule has 0 fully saturated rings. The number of carbonyl (C=O) groups excluding carboxylic acids is 1. The Morgan fingerprint density at radius 1 is 1.04 bits per heavy atom. The van der Waals surface area contributed by atoms with Gasteiger partial charge in [-0.2, -0.15) is 0 Å². The Hall–Kier alpha value is -2.38. The molecule has 1 heterocycles. The SMILES string of the molecule is O=C(COc1ccccc1)Nc1nnc(CSc2ccccc2)s1. The van der Waals surface area contributed by atoms with Crippen LogP contribution in [-0.2, 0) is 10.5 Å². The number of aromatic nitrogens is 2. The van der Waals surface area contributed by atoms with E-state index in [1.165, 1.54) is 16.2 Å². The normalized spacial score (nSPS) is 10.3. The van der Waals surface area contributed by atoms with Gasteiger partial charge in [-0.1, -0.05) is 47.7 Å². The van der Waals surface area contributed by atoms with Gasteiger partial charge in [-0.15, -0.1) is 22.0 Å². The fourth-order valence-corrected chi connectivity index (χ4v) is 3.51. The zero-order valence-electron chi connectivity index (χ0n) is 12.7. The lowest BCUT2D eigenvalue weighted by Gasteiger charge is -2.04. The van der Waals surface area contributed by atoms with Crippen molar-refractivity contribution < 1.29 is 9.53 Å². The second-order valence-electron chi connectivity index (χ2n) is 4.75. The fourth-order valence-electron chi connectivity index (χ4n) is 1.85. The van der Waals surface area contributed by atoms with Crippen molar-refractivity contribution in [3.05, 3.63) is 65.7 Å². The molecule has 0 aliphatic heterocycles. The van der Waals surface area contributed by atoms with Crippen LogP contribution in [0.15, 0.2) is 65.6 Å². The topological polar surface area (TPSA) is 64.1 Å². The molecule has 1 amide bonds. The molecule has 24 heavy (non-hydrogen) atoms. The summed E-state index contributed by atoms with van der Waals surface area (Å²) >= 11 is 3.06. The molecule has 0 atom stereocenters. The Morgan fingerprint density at radius 3 is 2.50 bits per heavy atom. The lowest BCUT2D eigenvalue weighted by Crippen LogP contribution is -2.20. The van der Waals surface area contributed by atoms with Crippen LogP contribution in [0.2, 0.25) is 0 Å². The molecule has 0 saturated heterocycles. The molecule has 5 nitrogen and oxygen atoms in total. The summed E-state index contributed by atoms with van der Waals surface area (Å²) in [5.41, 5.74) is 0. The number of benzene rings is 2. The largest absolute Gasteiger partial charge is 0.484 e.